The Bertz CT molecular complexity index is 1440. The maximum absolute atomic E-state index is 13.2. The molecule has 0 spiro atoms. The van der Waals surface area contributed by atoms with Gasteiger partial charge in [0.25, 0.3) is 21.6 Å². The van der Waals surface area contributed by atoms with E-state index in [-0.39, 0.29) is 21.8 Å². The highest BCUT2D eigenvalue weighted by molar-refractivity contribution is 7.92. The minimum absolute atomic E-state index is 0.0272. The van der Waals surface area contributed by atoms with Gasteiger partial charge in [-0.1, -0.05) is 30.3 Å². The minimum atomic E-state index is -3.91. The predicted octanol–water partition coefficient (Wildman–Crippen LogP) is 3.45. The number of fused-ring (bicyclic) bond motifs is 1. The summed E-state index contributed by atoms with van der Waals surface area (Å²) >= 11 is 0. The van der Waals surface area contributed by atoms with E-state index in [4.69, 9.17) is 4.74 Å². The lowest BCUT2D eigenvalue weighted by Crippen LogP contribution is -2.29. The van der Waals surface area contributed by atoms with Gasteiger partial charge in [0.05, 0.1) is 21.1 Å². The largest absolute Gasteiger partial charge is 0.452 e. The van der Waals surface area contributed by atoms with Crippen molar-refractivity contribution in [3.8, 4) is 0 Å². The Hall–Kier alpha value is -4.25. The van der Waals surface area contributed by atoms with Crippen LogP contribution in [0.3, 0.4) is 0 Å². The molecule has 3 aromatic carbocycles. The molecule has 0 bridgehead atoms. The van der Waals surface area contributed by atoms with Gasteiger partial charge in [-0.2, -0.15) is 0 Å². The van der Waals surface area contributed by atoms with Crippen molar-refractivity contribution < 1.29 is 27.7 Å². The first-order valence-corrected chi connectivity index (χ1v) is 12.0. The SMILES string of the molecule is Cc1ccc(NC(=O)COC(=O)c2cccc(S(=O)(=O)N3CCc4ccccc43)c2)c([N+](=O)[O-])c1. The Kier molecular flexibility index (Phi) is 6.52. The van der Waals surface area contributed by atoms with E-state index in [0.717, 1.165) is 5.56 Å². The molecule has 0 aliphatic carbocycles. The first-order valence-electron chi connectivity index (χ1n) is 10.6. The number of hydrogen-bond acceptors (Lipinski definition) is 7. The molecule has 0 unspecified atom stereocenters. The van der Waals surface area contributed by atoms with Crippen LogP contribution in [-0.4, -0.2) is 38.4 Å². The third-order valence-electron chi connectivity index (χ3n) is 5.46. The molecule has 0 fully saturated rings. The molecule has 0 aromatic heterocycles. The van der Waals surface area contributed by atoms with Gasteiger partial charge in [-0.05, 0) is 54.8 Å². The van der Waals surface area contributed by atoms with Crippen molar-refractivity contribution in [2.75, 3.05) is 22.8 Å². The summed E-state index contributed by atoms with van der Waals surface area (Å²) in [5.41, 5.74) is 1.81. The van der Waals surface area contributed by atoms with E-state index in [2.05, 4.69) is 5.32 Å². The predicted molar refractivity (Wildman–Crippen MR) is 128 cm³/mol. The number of anilines is 2. The van der Waals surface area contributed by atoms with Gasteiger partial charge in [0.15, 0.2) is 6.61 Å². The van der Waals surface area contributed by atoms with Crippen LogP contribution >= 0.6 is 0 Å². The molecule has 4 rings (SSSR count). The summed E-state index contributed by atoms with van der Waals surface area (Å²) < 4.78 is 32.7. The number of rotatable bonds is 7. The molecule has 180 valence electrons. The molecule has 1 N–H and O–H groups in total. The third kappa shape index (κ3) is 4.99. The summed E-state index contributed by atoms with van der Waals surface area (Å²) in [4.78, 5) is 35.2. The molecule has 10 nitrogen and oxygen atoms in total. The number of nitro benzene ring substituents is 1. The van der Waals surface area contributed by atoms with E-state index in [1.807, 2.05) is 12.1 Å². The van der Waals surface area contributed by atoms with Crippen molar-refractivity contribution in [3.05, 3.63) is 93.5 Å². The molecular weight excluding hydrogens is 474 g/mol. The molecule has 35 heavy (non-hydrogen) atoms. The lowest BCUT2D eigenvalue weighted by Gasteiger charge is -2.19. The topological polar surface area (TPSA) is 136 Å². The standard InChI is InChI=1S/C24H21N3O7S/c1-16-9-10-20(22(13-16)27(30)31)25-23(28)15-34-24(29)18-6-4-7-19(14-18)35(32,33)26-12-11-17-5-2-3-8-21(17)26/h2-10,13-14H,11-12,15H2,1H3,(H,25,28). The average molecular weight is 496 g/mol. The zero-order valence-corrected chi connectivity index (χ0v) is 19.4. The number of ether oxygens (including phenoxy) is 1. The Morgan fingerprint density at radius 3 is 2.63 bits per heavy atom. The number of aryl methyl sites for hydroxylation is 1. The summed E-state index contributed by atoms with van der Waals surface area (Å²) in [5.74, 6) is -1.68. The molecule has 1 aliphatic heterocycles. The van der Waals surface area contributed by atoms with Crippen molar-refractivity contribution in [1.82, 2.24) is 0 Å². The average Bonchev–Trinajstić information content (AvgIpc) is 3.29. The van der Waals surface area contributed by atoms with Crippen molar-refractivity contribution in [2.45, 2.75) is 18.2 Å². The summed E-state index contributed by atoms with van der Waals surface area (Å²) in [5, 5.41) is 13.5. The van der Waals surface area contributed by atoms with Gasteiger partial charge in [0.1, 0.15) is 5.69 Å². The van der Waals surface area contributed by atoms with Crippen molar-refractivity contribution in [3.63, 3.8) is 0 Å². The summed E-state index contributed by atoms with van der Waals surface area (Å²) in [6, 6.07) is 16.9. The first-order chi connectivity index (χ1) is 16.7. The van der Waals surface area contributed by atoms with E-state index < -0.39 is 33.4 Å². The molecule has 1 heterocycles. The lowest BCUT2D eigenvalue weighted by molar-refractivity contribution is -0.384. The van der Waals surface area contributed by atoms with Gasteiger partial charge in [-0.25, -0.2) is 13.2 Å². The number of benzene rings is 3. The number of para-hydroxylation sites is 1. The van der Waals surface area contributed by atoms with Crippen LogP contribution in [0.1, 0.15) is 21.5 Å². The Labute approximate surface area is 201 Å². The summed E-state index contributed by atoms with van der Waals surface area (Å²) in [6.07, 6.45) is 0.589. The minimum Gasteiger partial charge on any atom is -0.452 e. The summed E-state index contributed by atoms with van der Waals surface area (Å²) in [6.45, 7) is 1.26. The highest BCUT2D eigenvalue weighted by Crippen LogP contribution is 2.33. The molecule has 1 aliphatic rings. The number of nitro groups is 1. The lowest BCUT2D eigenvalue weighted by atomic mass is 10.2. The second-order valence-electron chi connectivity index (χ2n) is 7.89. The number of carbonyl (C=O) groups excluding carboxylic acids is 2. The van der Waals surface area contributed by atoms with Crippen LogP contribution < -0.4 is 9.62 Å². The van der Waals surface area contributed by atoms with Crippen LogP contribution in [0, 0.1) is 17.0 Å². The highest BCUT2D eigenvalue weighted by Gasteiger charge is 2.31. The molecular formula is C24H21N3O7S. The maximum Gasteiger partial charge on any atom is 0.338 e. The number of sulfonamides is 1. The van der Waals surface area contributed by atoms with Crippen molar-refractivity contribution in [1.29, 1.82) is 0 Å². The number of hydrogen-bond donors (Lipinski definition) is 1. The second-order valence-corrected chi connectivity index (χ2v) is 9.75. The van der Waals surface area contributed by atoms with E-state index in [1.165, 1.54) is 40.7 Å². The van der Waals surface area contributed by atoms with E-state index in [0.29, 0.717) is 24.2 Å². The van der Waals surface area contributed by atoms with Crippen LogP contribution in [-0.2, 0) is 26.0 Å². The van der Waals surface area contributed by atoms with Crippen molar-refractivity contribution in [2.24, 2.45) is 0 Å². The van der Waals surface area contributed by atoms with Crippen LogP contribution in [0.15, 0.2) is 71.6 Å². The van der Waals surface area contributed by atoms with E-state index >= 15 is 0 Å². The fraction of sp³-hybridized carbons (Fsp3) is 0.167. The van der Waals surface area contributed by atoms with Gasteiger partial charge >= 0.3 is 5.97 Å². The quantitative estimate of drug-likeness (QED) is 0.301. The Morgan fingerprint density at radius 1 is 1.09 bits per heavy atom. The maximum atomic E-state index is 13.2. The van der Waals surface area contributed by atoms with Crippen molar-refractivity contribution >= 4 is 39.0 Å². The van der Waals surface area contributed by atoms with Gasteiger partial charge in [-0.15, -0.1) is 0 Å². The molecule has 0 saturated heterocycles. The Balaban J connectivity index is 1.44. The van der Waals surface area contributed by atoms with E-state index in [1.54, 1.807) is 25.1 Å². The molecule has 0 radical (unpaired) electrons. The van der Waals surface area contributed by atoms with Gasteiger partial charge in [0.2, 0.25) is 0 Å². The van der Waals surface area contributed by atoms with Gasteiger partial charge < -0.3 is 10.1 Å². The van der Waals surface area contributed by atoms with Crippen LogP contribution in [0.25, 0.3) is 0 Å². The molecule has 0 saturated carbocycles. The fourth-order valence-electron chi connectivity index (χ4n) is 3.77. The summed E-state index contributed by atoms with van der Waals surface area (Å²) in [7, 11) is -3.91. The van der Waals surface area contributed by atoms with Crippen LogP contribution in [0.4, 0.5) is 17.1 Å². The monoisotopic (exact) mass is 495 g/mol. The number of nitrogens with one attached hydrogen (secondary N) is 1. The Morgan fingerprint density at radius 2 is 1.86 bits per heavy atom. The fourth-order valence-corrected chi connectivity index (χ4v) is 5.32. The smallest absolute Gasteiger partial charge is 0.338 e. The molecule has 0 atom stereocenters. The second kappa shape index (κ2) is 9.55. The number of esters is 1. The molecule has 11 heteroatoms. The highest BCUT2D eigenvalue weighted by atomic mass is 32.2. The first kappa shape index (κ1) is 23.9. The number of carbonyl (C=O) groups is 2. The van der Waals surface area contributed by atoms with E-state index in [9.17, 15) is 28.1 Å². The number of amides is 1. The van der Waals surface area contributed by atoms with Crippen LogP contribution in [0.5, 0.6) is 0 Å². The normalized spacial score (nSPS) is 12.7. The molecule has 1 amide bonds. The van der Waals surface area contributed by atoms with Gasteiger partial charge in [-0.3, -0.25) is 19.2 Å². The van der Waals surface area contributed by atoms with Crippen LogP contribution in [0.2, 0.25) is 0 Å². The number of nitrogens with zero attached hydrogens (tertiary/aromatic N) is 2. The van der Waals surface area contributed by atoms with Gasteiger partial charge in [0, 0.05) is 12.6 Å². The molecule has 3 aromatic rings. The zero-order valence-electron chi connectivity index (χ0n) is 18.6. The third-order valence-corrected chi connectivity index (χ3v) is 7.27. The zero-order chi connectivity index (χ0) is 25.2.